The van der Waals surface area contributed by atoms with Crippen molar-refractivity contribution in [1.82, 2.24) is 0 Å². The van der Waals surface area contributed by atoms with Gasteiger partial charge in [0.25, 0.3) is 0 Å². The molecule has 2 heteroatoms. The van der Waals surface area contributed by atoms with Crippen LogP contribution < -0.4 is 10.5 Å². The molecule has 0 bridgehead atoms. The van der Waals surface area contributed by atoms with E-state index in [0.717, 1.165) is 17.9 Å². The minimum absolute atomic E-state index is 0.383. The summed E-state index contributed by atoms with van der Waals surface area (Å²) in [5.41, 5.74) is 7.86. The number of hydrogen-bond donors (Lipinski definition) is 1. The Balaban J connectivity index is 1.91. The minimum Gasteiger partial charge on any atom is -0.490 e. The number of unbranched alkanes of at least 4 members (excludes halogenated alkanes) is 2. The van der Waals surface area contributed by atoms with Crippen LogP contribution in [0.4, 0.5) is 5.69 Å². The summed E-state index contributed by atoms with van der Waals surface area (Å²) in [7, 11) is 0. The monoisotopic (exact) mass is 205 g/mol. The van der Waals surface area contributed by atoms with Crippen LogP contribution in [0.2, 0.25) is 0 Å². The molecule has 1 atom stereocenters. The number of hydrogen-bond acceptors (Lipinski definition) is 2. The molecule has 0 radical (unpaired) electrons. The molecule has 1 aromatic rings. The predicted molar refractivity (Wildman–Crippen MR) is 63.1 cm³/mol. The first-order chi connectivity index (χ1) is 7.29. The Bertz CT molecular complexity index is 335. The van der Waals surface area contributed by atoms with Crippen molar-refractivity contribution in [1.29, 1.82) is 0 Å². The summed E-state index contributed by atoms with van der Waals surface area (Å²) in [6.45, 7) is 2.23. The van der Waals surface area contributed by atoms with Gasteiger partial charge in [0.2, 0.25) is 0 Å². The summed E-state index contributed by atoms with van der Waals surface area (Å²) in [5, 5.41) is 0. The molecule has 0 fully saturated rings. The molecule has 1 heterocycles. The maximum Gasteiger partial charge on any atom is 0.123 e. The third kappa shape index (κ3) is 2.44. The van der Waals surface area contributed by atoms with Crippen LogP contribution >= 0.6 is 0 Å². The van der Waals surface area contributed by atoms with Crippen molar-refractivity contribution in [3.8, 4) is 5.75 Å². The molecule has 0 spiro atoms. The number of fused-ring (bicyclic) bond motifs is 1. The van der Waals surface area contributed by atoms with E-state index >= 15 is 0 Å². The summed E-state index contributed by atoms with van der Waals surface area (Å²) >= 11 is 0. The topological polar surface area (TPSA) is 35.2 Å². The van der Waals surface area contributed by atoms with Gasteiger partial charge in [0.1, 0.15) is 11.9 Å². The standard InChI is InChI=1S/C13H19NO/c1-2-3-4-5-12-9-10-8-11(14)6-7-13(10)15-12/h6-8,12H,2-5,9,14H2,1H3. The maximum absolute atomic E-state index is 5.85. The van der Waals surface area contributed by atoms with Crippen molar-refractivity contribution in [3.63, 3.8) is 0 Å². The molecule has 0 aromatic heterocycles. The molecule has 1 unspecified atom stereocenters. The van der Waals surface area contributed by atoms with Gasteiger partial charge in [0.05, 0.1) is 0 Å². The minimum atomic E-state index is 0.383. The van der Waals surface area contributed by atoms with E-state index in [2.05, 4.69) is 6.92 Å². The molecule has 1 aromatic carbocycles. The summed E-state index contributed by atoms with van der Waals surface area (Å²) in [4.78, 5) is 0. The van der Waals surface area contributed by atoms with Gasteiger partial charge in [-0.3, -0.25) is 0 Å². The van der Waals surface area contributed by atoms with E-state index in [0.29, 0.717) is 6.10 Å². The van der Waals surface area contributed by atoms with Crippen molar-refractivity contribution in [2.75, 3.05) is 5.73 Å². The number of ether oxygens (including phenoxy) is 1. The van der Waals surface area contributed by atoms with Crippen molar-refractivity contribution in [2.45, 2.75) is 45.1 Å². The Morgan fingerprint density at radius 2 is 2.27 bits per heavy atom. The first kappa shape index (κ1) is 10.3. The number of benzene rings is 1. The fourth-order valence-corrected chi connectivity index (χ4v) is 2.12. The molecule has 82 valence electrons. The van der Waals surface area contributed by atoms with E-state index in [1.165, 1.54) is 31.2 Å². The zero-order chi connectivity index (χ0) is 10.7. The third-order valence-electron chi connectivity index (χ3n) is 2.96. The molecule has 15 heavy (non-hydrogen) atoms. The van der Waals surface area contributed by atoms with Gasteiger partial charge in [-0.2, -0.15) is 0 Å². The van der Waals surface area contributed by atoms with Crippen LogP contribution in [-0.2, 0) is 6.42 Å². The van der Waals surface area contributed by atoms with Gasteiger partial charge in [0, 0.05) is 12.1 Å². The van der Waals surface area contributed by atoms with Crippen LogP contribution in [0.5, 0.6) is 5.75 Å². The quantitative estimate of drug-likeness (QED) is 0.605. The lowest BCUT2D eigenvalue weighted by Crippen LogP contribution is -2.12. The summed E-state index contributed by atoms with van der Waals surface area (Å²) < 4.78 is 5.85. The van der Waals surface area contributed by atoms with E-state index < -0.39 is 0 Å². The lowest BCUT2D eigenvalue weighted by atomic mass is 10.0. The molecular formula is C13H19NO. The first-order valence-corrected chi connectivity index (χ1v) is 5.84. The SMILES string of the molecule is CCCCCC1Cc2cc(N)ccc2O1. The van der Waals surface area contributed by atoms with Crippen molar-refractivity contribution in [2.24, 2.45) is 0 Å². The first-order valence-electron chi connectivity index (χ1n) is 5.84. The van der Waals surface area contributed by atoms with Gasteiger partial charge in [-0.1, -0.05) is 19.8 Å². The van der Waals surface area contributed by atoms with E-state index in [-0.39, 0.29) is 0 Å². The normalized spacial score (nSPS) is 18.6. The number of nitrogens with two attached hydrogens (primary N) is 1. The summed E-state index contributed by atoms with van der Waals surface area (Å²) in [6.07, 6.45) is 6.43. The number of nitrogen functional groups attached to an aromatic ring is 1. The van der Waals surface area contributed by atoms with E-state index in [1.54, 1.807) is 0 Å². The number of rotatable bonds is 4. The molecule has 2 rings (SSSR count). The van der Waals surface area contributed by atoms with Crippen LogP contribution in [-0.4, -0.2) is 6.10 Å². The molecule has 2 N–H and O–H groups in total. The molecule has 0 saturated carbocycles. The van der Waals surface area contributed by atoms with Crippen LogP contribution in [0.25, 0.3) is 0 Å². The Kier molecular flexibility index (Phi) is 3.14. The molecule has 0 aliphatic carbocycles. The van der Waals surface area contributed by atoms with Crippen LogP contribution in [0.15, 0.2) is 18.2 Å². The van der Waals surface area contributed by atoms with E-state index in [4.69, 9.17) is 10.5 Å². The lowest BCUT2D eigenvalue weighted by molar-refractivity contribution is 0.216. The Morgan fingerprint density at radius 3 is 3.07 bits per heavy atom. The van der Waals surface area contributed by atoms with Gasteiger partial charge >= 0.3 is 0 Å². The van der Waals surface area contributed by atoms with Gasteiger partial charge in [-0.15, -0.1) is 0 Å². The zero-order valence-corrected chi connectivity index (χ0v) is 9.33. The highest BCUT2D eigenvalue weighted by molar-refractivity contribution is 5.49. The maximum atomic E-state index is 5.85. The highest BCUT2D eigenvalue weighted by Crippen LogP contribution is 2.32. The fourth-order valence-electron chi connectivity index (χ4n) is 2.12. The van der Waals surface area contributed by atoms with Crippen molar-refractivity contribution in [3.05, 3.63) is 23.8 Å². The highest BCUT2D eigenvalue weighted by Gasteiger charge is 2.21. The molecular weight excluding hydrogens is 186 g/mol. The van der Waals surface area contributed by atoms with Gasteiger partial charge in [0.15, 0.2) is 0 Å². The number of anilines is 1. The molecule has 2 nitrogen and oxygen atoms in total. The second kappa shape index (κ2) is 4.56. The molecule has 0 amide bonds. The predicted octanol–water partition coefficient (Wildman–Crippen LogP) is 3.15. The molecule has 0 saturated heterocycles. The smallest absolute Gasteiger partial charge is 0.123 e. The van der Waals surface area contributed by atoms with Crippen LogP contribution in [0, 0.1) is 0 Å². The van der Waals surface area contributed by atoms with Gasteiger partial charge in [-0.05, 0) is 36.6 Å². The molecule has 1 aliphatic heterocycles. The summed E-state index contributed by atoms with van der Waals surface area (Å²) in [6, 6.07) is 5.94. The van der Waals surface area contributed by atoms with Gasteiger partial charge < -0.3 is 10.5 Å². The van der Waals surface area contributed by atoms with E-state index in [9.17, 15) is 0 Å². The average molecular weight is 205 g/mol. The van der Waals surface area contributed by atoms with Crippen molar-refractivity contribution < 1.29 is 4.74 Å². The largest absolute Gasteiger partial charge is 0.490 e. The van der Waals surface area contributed by atoms with E-state index in [1.807, 2.05) is 18.2 Å². The zero-order valence-electron chi connectivity index (χ0n) is 9.33. The second-order valence-electron chi connectivity index (χ2n) is 4.31. The second-order valence-corrected chi connectivity index (χ2v) is 4.31. The lowest BCUT2D eigenvalue weighted by Gasteiger charge is -2.09. The Morgan fingerprint density at radius 1 is 1.40 bits per heavy atom. The Hall–Kier alpha value is -1.18. The van der Waals surface area contributed by atoms with Crippen molar-refractivity contribution >= 4 is 5.69 Å². The average Bonchev–Trinajstić information content (AvgIpc) is 2.60. The fraction of sp³-hybridized carbons (Fsp3) is 0.538. The van der Waals surface area contributed by atoms with Crippen LogP contribution in [0.1, 0.15) is 38.2 Å². The molecule has 1 aliphatic rings. The Labute approximate surface area is 91.4 Å². The highest BCUT2D eigenvalue weighted by atomic mass is 16.5. The van der Waals surface area contributed by atoms with Crippen LogP contribution in [0.3, 0.4) is 0 Å². The summed E-state index contributed by atoms with van der Waals surface area (Å²) in [5.74, 6) is 1.03. The van der Waals surface area contributed by atoms with Gasteiger partial charge in [-0.25, -0.2) is 0 Å². The third-order valence-corrected chi connectivity index (χ3v) is 2.96.